The largest absolute Gasteiger partial charge is 0.364 e. The van der Waals surface area contributed by atoms with Crippen LogP contribution in [0.15, 0.2) is 23.6 Å². The van der Waals surface area contributed by atoms with Gasteiger partial charge in [-0.3, -0.25) is 9.89 Å². The summed E-state index contributed by atoms with van der Waals surface area (Å²) in [6, 6.07) is 6.10. The van der Waals surface area contributed by atoms with Crippen LogP contribution in [0, 0.1) is 0 Å². The lowest BCUT2D eigenvalue weighted by molar-refractivity contribution is 0.0995. The lowest BCUT2D eigenvalue weighted by Crippen LogP contribution is -2.35. The number of likely N-dealkylation sites (tertiary alicyclic amines) is 1. The molecule has 3 rings (SSSR count). The zero-order chi connectivity index (χ0) is 14.7. The van der Waals surface area contributed by atoms with Crippen LogP contribution < -0.4 is 5.73 Å². The summed E-state index contributed by atoms with van der Waals surface area (Å²) in [7, 11) is 0. The molecule has 1 saturated heterocycles. The Bertz CT molecular complexity index is 593. The van der Waals surface area contributed by atoms with E-state index in [-0.39, 0.29) is 0 Å². The number of nitrogens with two attached hydrogens (primary N) is 1. The van der Waals surface area contributed by atoms with Gasteiger partial charge in [0.2, 0.25) is 0 Å². The first kappa shape index (κ1) is 14.3. The van der Waals surface area contributed by atoms with Crippen molar-refractivity contribution in [3.63, 3.8) is 0 Å². The van der Waals surface area contributed by atoms with E-state index in [0.717, 1.165) is 38.2 Å². The van der Waals surface area contributed by atoms with Crippen molar-refractivity contribution < 1.29 is 4.79 Å². The molecule has 21 heavy (non-hydrogen) atoms. The number of amides is 1. The molecule has 1 aliphatic rings. The number of nitrogens with zero attached hydrogens (tertiary/aromatic N) is 2. The first-order valence-corrected chi connectivity index (χ1v) is 8.20. The molecule has 1 amide bonds. The number of carbonyl (C=O) groups is 1. The van der Waals surface area contributed by atoms with Crippen LogP contribution in [-0.2, 0) is 6.42 Å². The lowest BCUT2D eigenvalue weighted by atomic mass is 9.94. The second kappa shape index (κ2) is 6.41. The fraction of sp³-hybridized carbons (Fsp3) is 0.467. The highest BCUT2D eigenvalue weighted by atomic mass is 32.1. The zero-order valence-electron chi connectivity index (χ0n) is 11.9. The molecule has 2 aromatic rings. The minimum absolute atomic E-state index is 0.334. The Balaban J connectivity index is 1.58. The Labute approximate surface area is 128 Å². The first-order valence-electron chi connectivity index (χ1n) is 7.32. The van der Waals surface area contributed by atoms with E-state index in [4.69, 9.17) is 5.73 Å². The molecule has 0 bridgehead atoms. The summed E-state index contributed by atoms with van der Waals surface area (Å²) in [5, 5.41) is 9.09. The molecule has 0 aromatic carbocycles. The summed E-state index contributed by atoms with van der Waals surface area (Å²) in [6.07, 6.45) is 3.43. The van der Waals surface area contributed by atoms with Crippen molar-refractivity contribution in [2.75, 3.05) is 19.6 Å². The molecule has 0 saturated carbocycles. The average molecular weight is 304 g/mol. The fourth-order valence-electron chi connectivity index (χ4n) is 2.91. The maximum absolute atomic E-state index is 11.1. The fourth-order valence-corrected chi connectivity index (χ4v) is 3.61. The van der Waals surface area contributed by atoms with Gasteiger partial charge < -0.3 is 10.6 Å². The van der Waals surface area contributed by atoms with Gasteiger partial charge in [-0.1, -0.05) is 6.07 Å². The average Bonchev–Trinajstić information content (AvgIpc) is 3.17. The van der Waals surface area contributed by atoms with Crippen LogP contribution in [0.25, 0.3) is 0 Å². The number of aromatic nitrogens is 2. The van der Waals surface area contributed by atoms with E-state index in [9.17, 15) is 4.79 Å². The number of hydrogen-bond donors (Lipinski definition) is 2. The molecule has 0 aliphatic carbocycles. The van der Waals surface area contributed by atoms with E-state index < -0.39 is 5.91 Å². The predicted molar refractivity (Wildman–Crippen MR) is 83.5 cm³/mol. The molecule has 2 aromatic heterocycles. The van der Waals surface area contributed by atoms with E-state index in [2.05, 4.69) is 32.6 Å². The summed E-state index contributed by atoms with van der Waals surface area (Å²) in [5.41, 5.74) is 6.62. The monoisotopic (exact) mass is 304 g/mol. The maximum atomic E-state index is 11.1. The van der Waals surface area contributed by atoms with Crippen LogP contribution >= 0.6 is 11.3 Å². The van der Waals surface area contributed by atoms with Crippen molar-refractivity contribution >= 4 is 17.2 Å². The van der Waals surface area contributed by atoms with Gasteiger partial charge in [0.15, 0.2) is 0 Å². The summed E-state index contributed by atoms with van der Waals surface area (Å²) < 4.78 is 0. The summed E-state index contributed by atoms with van der Waals surface area (Å²) in [6.45, 7) is 3.26. The molecule has 1 atom stereocenters. The smallest absolute Gasteiger partial charge is 0.269 e. The number of rotatable bonds is 5. The third kappa shape index (κ3) is 3.51. The highest BCUT2D eigenvalue weighted by Crippen LogP contribution is 2.26. The second-order valence-corrected chi connectivity index (χ2v) is 6.57. The molecule has 6 heteroatoms. The van der Waals surface area contributed by atoms with Crippen molar-refractivity contribution in [2.24, 2.45) is 5.73 Å². The summed E-state index contributed by atoms with van der Waals surface area (Å²) >= 11 is 1.82. The molecule has 0 spiro atoms. The van der Waals surface area contributed by atoms with Crippen LogP contribution in [0.5, 0.6) is 0 Å². The quantitative estimate of drug-likeness (QED) is 0.887. The van der Waals surface area contributed by atoms with E-state index in [1.165, 1.54) is 11.3 Å². The van der Waals surface area contributed by atoms with Gasteiger partial charge in [0.1, 0.15) is 5.69 Å². The Morgan fingerprint density at radius 2 is 2.48 bits per heavy atom. The zero-order valence-corrected chi connectivity index (χ0v) is 12.7. The van der Waals surface area contributed by atoms with Gasteiger partial charge in [0, 0.05) is 29.6 Å². The molecule has 0 radical (unpaired) electrons. The molecular weight excluding hydrogens is 284 g/mol. The first-order chi connectivity index (χ1) is 10.2. The predicted octanol–water partition coefficient (Wildman–Crippen LogP) is 1.99. The van der Waals surface area contributed by atoms with Crippen LogP contribution in [0.4, 0.5) is 0 Å². The van der Waals surface area contributed by atoms with Crippen LogP contribution in [-0.4, -0.2) is 40.6 Å². The van der Waals surface area contributed by atoms with Crippen molar-refractivity contribution in [2.45, 2.75) is 25.2 Å². The number of hydrogen-bond acceptors (Lipinski definition) is 4. The Morgan fingerprint density at radius 1 is 1.57 bits per heavy atom. The number of carbonyl (C=O) groups excluding carboxylic acids is 1. The Morgan fingerprint density at radius 3 is 3.19 bits per heavy atom. The molecule has 1 fully saturated rings. The normalized spacial score (nSPS) is 19.7. The van der Waals surface area contributed by atoms with Gasteiger partial charge >= 0.3 is 0 Å². The van der Waals surface area contributed by atoms with Gasteiger partial charge in [-0.05, 0) is 43.3 Å². The molecule has 1 aliphatic heterocycles. The van der Waals surface area contributed by atoms with E-state index >= 15 is 0 Å². The molecule has 5 nitrogen and oxygen atoms in total. The SMILES string of the molecule is NC(=O)c1cc([C@H]2CCCN(CCc3cccs3)C2)[nH]n1. The van der Waals surface area contributed by atoms with Gasteiger partial charge in [0.05, 0.1) is 0 Å². The van der Waals surface area contributed by atoms with Gasteiger partial charge in [-0.15, -0.1) is 11.3 Å². The van der Waals surface area contributed by atoms with Gasteiger partial charge in [-0.2, -0.15) is 5.10 Å². The molecule has 3 heterocycles. The number of primary amides is 1. The minimum atomic E-state index is -0.470. The van der Waals surface area contributed by atoms with E-state index in [1.54, 1.807) is 6.07 Å². The summed E-state index contributed by atoms with van der Waals surface area (Å²) in [4.78, 5) is 15.1. The summed E-state index contributed by atoms with van der Waals surface area (Å²) in [5.74, 6) is -0.0504. The third-order valence-corrected chi connectivity index (χ3v) is 4.99. The number of H-pyrrole nitrogens is 1. The number of piperidine rings is 1. The van der Waals surface area contributed by atoms with Crippen molar-refractivity contribution in [1.29, 1.82) is 0 Å². The standard InChI is InChI=1S/C15H20N4OS/c16-15(20)14-9-13(17-18-14)11-3-1-6-19(10-11)7-5-12-4-2-8-21-12/h2,4,8-9,11H,1,3,5-7,10H2,(H2,16,20)(H,17,18)/t11-/m0/s1. The van der Waals surface area contributed by atoms with Crippen molar-refractivity contribution in [3.8, 4) is 0 Å². The third-order valence-electron chi connectivity index (χ3n) is 4.05. The minimum Gasteiger partial charge on any atom is -0.364 e. The Hall–Kier alpha value is -1.66. The maximum Gasteiger partial charge on any atom is 0.269 e. The van der Waals surface area contributed by atoms with Crippen LogP contribution in [0.2, 0.25) is 0 Å². The number of nitrogens with one attached hydrogen (secondary N) is 1. The van der Waals surface area contributed by atoms with Crippen LogP contribution in [0.1, 0.15) is 39.8 Å². The van der Waals surface area contributed by atoms with E-state index in [1.807, 2.05) is 11.3 Å². The van der Waals surface area contributed by atoms with Crippen molar-refractivity contribution in [3.05, 3.63) is 39.8 Å². The number of aromatic amines is 1. The highest BCUT2D eigenvalue weighted by Gasteiger charge is 2.23. The molecular formula is C15H20N4OS. The second-order valence-electron chi connectivity index (χ2n) is 5.54. The lowest BCUT2D eigenvalue weighted by Gasteiger charge is -2.32. The van der Waals surface area contributed by atoms with E-state index in [0.29, 0.717) is 11.6 Å². The van der Waals surface area contributed by atoms with Gasteiger partial charge in [-0.25, -0.2) is 0 Å². The van der Waals surface area contributed by atoms with Crippen molar-refractivity contribution in [1.82, 2.24) is 15.1 Å². The van der Waals surface area contributed by atoms with Gasteiger partial charge in [0.25, 0.3) is 5.91 Å². The molecule has 3 N–H and O–H groups in total. The Kier molecular flexibility index (Phi) is 4.36. The highest BCUT2D eigenvalue weighted by molar-refractivity contribution is 7.09. The van der Waals surface area contributed by atoms with Crippen LogP contribution in [0.3, 0.4) is 0 Å². The number of thiophene rings is 1. The topological polar surface area (TPSA) is 75.0 Å². The molecule has 0 unspecified atom stereocenters. The molecule has 112 valence electrons.